The average molecular weight is 1200 g/mol. The standard InChI is InChI=1S/C25H22N6O2S.C20H17ClN4.C12H7Cl2N3.C8H11N/c1-17(18-8-4-2-5-9-18)28-25-23-22(19-10-6-3-7-11-19)12-13-31(23)30-24(29-25)20-14-21(16-27-15-20)34(26,32)33;1-14(15-8-4-2-5-9-15)22-19-18-17(16-10-6-3-7-11-16)12-13-25(18)24-20(21)23-19;13-11-10-9(8-4-2-1-3-5-8)6-7-17(10)16-12(14)15-11;1-7(9)8-5-3-2-4-6-8/h2-17H,1H3,(H2,26,32,33)(H,28,29,30);2-14H,1H3,(H,22,23,24);1-7H;2-7H,9H2,1H3. The van der Waals surface area contributed by atoms with Gasteiger partial charge in [-0.1, -0.05) is 194 Å². The Morgan fingerprint density at radius 1 is 0.447 bits per heavy atom. The molecule has 0 fully saturated rings. The molecule has 0 aliphatic heterocycles. The number of hydrogen-bond acceptors (Lipinski definition) is 12. The number of fused-ring (bicyclic) bond motifs is 3. The minimum Gasteiger partial charge on any atom is -0.362 e. The van der Waals surface area contributed by atoms with Gasteiger partial charge in [0, 0.05) is 59.3 Å². The fourth-order valence-electron chi connectivity index (χ4n) is 9.37. The molecule has 6 aromatic carbocycles. The number of nitrogens with zero attached hydrogens (tertiary/aromatic N) is 10. The summed E-state index contributed by atoms with van der Waals surface area (Å²) in [6.07, 6.45) is 8.30. The highest BCUT2D eigenvalue weighted by atomic mass is 35.5. The van der Waals surface area contributed by atoms with Gasteiger partial charge in [0.2, 0.25) is 20.6 Å². The van der Waals surface area contributed by atoms with Crippen LogP contribution in [0, 0.1) is 0 Å². The van der Waals surface area contributed by atoms with Crippen molar-refractivity contribution in [1.82, 2.24) is 48.8 Å². The number of anilines is 2. The zero-order valence-electron chi connectivity index (χ0n) is 46.2. The van der Waals surface area contributed by atoms with Crippen LogP contribution in [0.15, 0.2) is 242 Å². The molecule has 0 spiro atoms. The molecule has 13 rings (SSSR count). The Morgan fingerprint density at radius 3 is 1.25 bits per heavy atom. The van der Waals surface area contributed by atoms with Crippen LogP contribution in [0.4, 0.5) is 11.6 Å². The van der Waals surface area contributed by atoms with E-state index in [1.54, 1.807) is 13.5 Å². The second-order valence-electron chi connectivity index (χ2n) is 19.6. The van der Waals surface area contributed by atoms with Gasteiger partial charge in [0.25, 0.3) is 0 Å². The Bertz CT molecular complexity index is 4450. The second kappa shape index (κ2) is 26.9. The molecule has 6 N–H and O–H groups in total. The van der Waals surface area contributed by atoms with Crippen LogP contribution in [0.1, 0.15) is 55.6 Å². The van der Waals surface area contributed by atoms with Crippen molar-refractivity contribution in [2.75, 3.05) is 10.6 Å². The Labute approximate surface area is 506 Å². The van der Waals surface area contributed by atoms with Gasteiger partial charge < -0.3 is 16.4 Å². The molecule has 20 heteroatoms. The van der Waals surface area contributed by atoms with E-state index in [9.17, 15) is 8.42 Å². The fraction of sp³-hybridized carbons (Fsp3) is 0.0923. The lowest BCUT2D eigenvalue weighted by Gasteiger charge is -2.17. The van der Waals surface area contributed by atoms with Crippen LogP contribution in [0.3, 0.4) is 0 Å². The number of benzene rings is 6. The van der Waals surface area contributed by atoms with Crippen molar-refractivity contribution in [3.63, 3.8) is 0 Å². The summed E-state index contributed by atoms with van der Waals surface area (Å²) < 4.78 is 28.8. The normalized spacial score (nSPS) is 12.2. The third-order valence-corrected chi connectivity index (χ3v) is 15.1. The van der Waals surface area contributed by atoms with Gasteiger partial charge in [0.05, 0.1) is 12.1 Å². The predicted octanol–water partition coefficient (Wildman–Crippen LogP) is 14.9. The first-order valence-electron chi connectivity index (χ1n) is 26.9. The van der Waals surface area contributed by atoms with Crippen LogP contribution in [0.2, 0.25) is 15.7 Å². The summed E-state index contributed by atoms with van der Waals surface area (Å²) >= 11 is 18.0. The number of primary sulfonamides is 1. The van der Waals surface area contributed by atoms with E-state index in [2.05, 4.69) is 79.0 Å². The van der Waals surface area contributed by atoms with Crippen molar-refractivity contribution >= 4 is 73.0 Å². The molecule has 0 amide bonds. The first kappa shape index (κ1) is 58.9. The number of hydrogen-bond donors (Lipinski definition) is 4. The van der Waals surface area contributed by atoms with Crippen LogP contribution >= 0.6 is 34.8 Å². The smallest absolute Gasteiger partial charge is 0.243 e. The lowest BCUT2D eigenvalue weighted by Crippen LogP contribution is -2.13. The third-order valence-electron chi connectivity index (χ3n) is 13.6. The summed E-state index contributed by atoms with van der Waals surface area (Å²) in [6, 6.07) is 68.1. The molecule has 0 saturated carbocycles. The summed E-state index contributed by atoms with van der Waals surface area (Å²) in [6.45, 7) is 6.14. The maximum Gasteiger partial charge on any atom is 0.243 e. The molecule has 426 valence electrons. The van der Waals surface area contributed by atoms with E-state index in [1.165, 1.54) is 29.6 Å². The van der Waals surface area contributed by atoms with Crippen LogP contribution < -0.4 is 21.5 Å². The van der Waals surface area contributed by atoms with E-state index in [0.717, 1.165) is 61.3 Å². The fourth-order valence-corrected chi connectivity index (χ4v) is 10.5. The lowest BCUT2D eigenvalue weighted by atomic mass is 10.1. The van der Waals surface area contributed by atoms with Crippen molar-refractivity contribution in [1.29, 1.82) is 0 Å². The average Bonchev–Trinajstić information content (AvgIpc) is 2.53. The predicted molar refractivity (Wildman–Crippen MR) is 341 cm³/mol. The Kier molecular flexibility index (Phi) is 18.6. The van der Waals surface area contributed by atoms with Crippen LogP contribution in [-0.4, -0.2) is 57.2 Å². The Morgan fingerprint density at radius 2 is 0.824 bits per heavy atom. The summed E-state index contributed by atoms with van der Waals surface area (Å²) in [7, 11) is -3.91. The lowest BCUT2D eigenvalue weighted by molar-refractivity contribution is 0.597. The molecule has 16 nitrogen and oxygen atoms in total. The summed E-state index contributed by atoms with van der Waals surface area (Å²) in [4.78, 5) is 17.1. The molecule has 0 aliphatic rings. The summed E-state index contributed by atoms with van der Waals surface area (Å²) in [5.74, 6) is 1.66. The third kappa shape index (κ3) is 14.4. The van der Waals surface area contributed by atoms with Crippen LogP contribution in [0.5, 0.6) is 0 Å². The molecule has 3 atom stereocenters. The second-order valence-corrected chi connectivity index (χ2v) is 22.2. The highest BCUT2D eigenvalue weighted by Crippen LogP contribution is 2.35. The van der Waals surface area contributed by atoms with Gasteiger partial charge in [0.1, 0.15) is 21.4 Å². The minimum atomic E-state index is -3.91. The topological polar surface area (TPSA) is 214 Å². The molecule has 7 aromatic heterocycles. The zero-order valence-corrected chi connectivity index (χ0v) is 49.3. The number of nitrogens with two attached hydrogens (primary N) is 2. The monoisotopic (exact) mass is 1200 g/mol. The quantitative estimate of drug-likeness (QED) is 0.0899. The van der Waals surface area contributed by atoms with Crippen molar-refractivity contribution in [3.05, 3.63) is 270 Å². The van der Waals surface area contributed by atoms with Crippen molar-refractivity contribution in [3.8, 4) is 44.8 Å². The molecule has 0 radical (unpaired) electrons. The van der Waals surface area contributed by atoms with E-state index in [4.69, 9.17) is 50.7 Å². The maximum absolute atomic E-state index is 11.8. The number of pyridine rings is 1. The minimum absolute atomic E-state index is 0.0415. The van der Waals surface area contributed by atoms with E-state index in [0.29, 0.717) is 22.4 Å². The van der Waals surface area contributed by atoms with Crippen LogP contribution in [-0.2, 0) is 10.0 Å². The molecule has 7 heterocycles. The molecule has 13 aromatic rings. The molecule has 0 bridgehead atoms. The highest BCUT2D eigenvalue weighted by Gasteiger charge is 2.20. The zero-order chi connectivity index (χ0) is 59.5. The molecular formula is C65H57Cl3N14O2S. The Balaban J connectivity index is 0.000000138. The van der Waals surface area contributed by atoms with Gasteiger partial charge in [-0.3, -0.25) is 4.98 Å². The van der Waals surface area contributed by atoms with Crippen molar-refractivity contribution < 1.29 is 8.42 Å². The number of sulfonamides is 1. The van der Waals surface area contributed by atoms with Gasteiger partial charge in [-0.05, 0) is 102 Å². The molecule has 85 heavy (non-hydrogen) atoms. The van der Waals surface area contributed by atoms with Gasteiger partial charge in [-0.15, -0.1) is 15.3 Å². The SMILES string of the molecule is CC(N)c1ccccc1.CC(Nc1nc(-c2cncc(S(N)(=O)=O)c2)nn2ccc(-c3ccccc3)c12)c1ccccc1.CC(Nc1nc(Cl)nn2ccc(-c3ccccc3)c12)c1ccccc1.Clc1nc(Cl)c2c(-c3ccccc3)ccn2n1. The highest BCUT2D eigenvalue weighted by molar-refractivity contribution is 7.89. The molecule has 3 unspecified atom stereocenters. The van der Waals surface area contributed by atoms with Crippen LogP contribution in [0.25, 0.3) is 61.3 Å². The first-order chi connectivity index (χ1) is 41.2. The first-order valence-corrected chi connectivity index (χ1v) is 29.6. The molecular weight excluding hydrogens is 1150 g/mol. The number of aromatic nitrogens is 10. The maximum atomic E-state index is 11.8. The van der Waals surface area contributed by atoms with E-state index >= 15 is 0 Å². The van der Waals surface area contributed by atoms with E-state index < -0.39 is 10.0 Å². The van der Waals surface area contributed by atoms with Gasteiger partial charge in [-0.2, -0.15) is 4.98 Å². The van der Waals surface area contributed by atoms with Gasteiger partial charge in [-0.25, -0.2) is 37.1 Å². The van der Waals surface area contributed by atoms with Gasteiger partial charge >= 0.3 is 0 Å². The number of halogens is 3. The summed E-state index contributed by atoms with van der Waals surface area (Å²) in [5, 5.41) is 26.0. The number of nitrogens with one attached hydrogen (secondary N) is 2. The van der Waals surface area contributed by atoms with E-state index in [1.807, 2.05) is 201 Å². The number of rotatable bonds is 12. The molecule has 0 saturated heterocycles. The van der Waals surface area contributed by atoms with Crippen molar-refractivity contribution in [2.24, 2.45) is 10.9 Å². The van der Waals surface area contributed by atoms with Crippen molar-refractivity contribution in [2.45, 2.75) is 43.8 Å². The Hall–Kier alpha value is -9.33. The summed E-state index contributed by atoms with van der Waals surface area (Å²) in [5.41, 5.74) is 18.3. The molecule has 0 aliphatic carbocycles. The van der Waals surface area contributed by atoms with E-state index in [-0.39, 0.29) is 33.6 Å². The van der Waals surface area contributed by atoms with Gasteiger partial charge in [0.15, 0.2) is 22.6 Å². The largest absolute Gasteiger partial charge is 0.362 e.